The Hall–Kier alpha value is -2.18. The summed E-state index contributed by atoms with van der Waals surface area (Å²) in [7, 11) is 2.11. The third-order valence-electron chi connectivity index (χ3n) is 3.58. The van der Waals surface area contributed by atoms with Crippen LogP contribution in [-0.4, -0.2) is 23.0 Å². The van der Waals surface area contributed by atoms with Gasteiger partial charge in [0.25, 0.3) is 5.56 Å². The number of rotatable bonds is 6. The molecule has 120 valence electrons. The second-order valence-electron chi connectivity index (χ2n) is 5.53. The lowest BCUT2D eigenvalue weighted by Crippen LogP contribution is -3.06. The molecule has 0 fully saturated rings. The predicted octanol–water partition coefficient (Wildman–Crippen LogP) is 1.37. The van der Waals surface area contributed by atoms with Gasteiger partial charge in [-0.1, -0.05) is 0 Å². The van der Waals surface area contributed by atoms with E-state index in [1.165, 1.54) is 21.8 Å². The van der Waals surface area contributed by atoms with Crippen LogP contribution in [0.4, 0.5) is 0 Å². The van der Waals surface area contributed by atoms with Crippen LogP contribution in [-0.2, 0) is 13.1 Å². The highest BCUT2D eigenvalue weighted by Crippen LogP contribution is 2.11. The van der Waals surface area contributed by atoms with Gasteiger partial charge >= 0.3 is 0 Å². The van der Waals surface area contributed by atoms with E-state index in [2.05, 4.69) is 24.2 Å². The van der Waals surface area contributed by atoms with Crippen LogP contribution in [0, 0.1) is 0 Å². The molecule has 1 atom stereocenters. The van der Waals surface area contributed by atoms with E-state index >= 15 is 0 Å². The summed E-state index contributed by atoms with van der Waals surface area (Å²) in [5, 5.41) is 1.88. The Morgan fingerprint density at radius 2 is 2.04 bits per heavy atom. The molecule has 1 aromatic carbocycles. The van der Waals surface area contributed by atoms with Crippen LogP contribution in [0.1, 0.15) is 18.2 Å². The van der Waals surface area contributed by atoms with Crippen molar-refractivity contribution in [2.75, 3.05) is 13.7 Å². The van der Waals surface area contributed by atoms with Crippen LogP contribution in [0.25, 0.3) is 4.96 Å². The highest BCUT2D eigenvalue weighted by molar-refractivity contribution is 7.15. The van der Waals surface area contributed by atoms with E-state index in [1.54, 1.807) is 16.7 Å². The normalized spacial score (nSPS) is 12.4. The molecule has 0 aliphatic heterocycles. The number of hydrogen-bond acceptors (Lipinski definition) is 4. The van der Waals surface area contributed by atoms with Crippen molar-refractivity contribution < 1.29 is 9.64 Å². The number of aromatic nitrogens is 2. The van der Waals surface area contributed by atoms with Crippen molar-refractivity contribution in [2.24, 2.45) is 0 Å². The summed E-state index contributed by atoms with van der Waals surface area (Å²) >= 11 is 1.48. The lowest BCUT2D eigenvalue weighted by Gasteiger charge is -2.14. The quantitative estimate of drug-likeness (QED) is 0.743. The van der Waals surface area contributed by atoms with Crippen LogP contribution in [0.15, 0.2) is 46.7 Å². The minimum Gasteiger partial charge on any atom is -0.494 e. The molecule has 1 N–H and O–H groups in total. The molecule has 0 radical (unpaired) electrons. The van der Waals surface area contributed by atoms with Crippen molar-refractivity contribution in [1.82, 2.24) is 9.38 Å². The second kappa shape index (κ2) is 6.93. The van der Waals surface area contributed by atoms with Crippen LogP contribution >= 0.6 is 11.3 Å². The van der Waals surface area contributed by atoms with Gasteiger partial charge in [-0.25, -0.2) is 4.98 Å². The van der Waals surface area contributed by atoms with Gasteiger partial charge in [0.15, 0.2) is 4.96 Å². The summed E-state index contributed by atoms with van der Waals surface area (Å²) in [5.41, 5.74) is 2.06. The fourth-order valence-corrected chi connectivity index (χ4v) is 3.31. The molecule has 0 aliphatic rings. The molecule has 0 amide bonds. The van der Waals surface area contributed by atoms with E-state index in [1.807, 2.05) is 24.4 Å². The maximum absolute atomic E-state index is 12.0. The van der Waals surface area contributed by atoms with Crippen molar-refractivity contribution in [3.8, 4) is 5.75 Å². The summed E-state index contributed by atoms with van der Waals surface area (Å²) in [6.45, 7) is 4.25. The van der Waals surface area contributed by atoms with Gasteiger partial charge in [-0.3, -0.25) is 9.20 Å². The van der Waals surface area contributed by atoms with E-state index in [0.717, 1.165) is 29.5 Å². The molecule has 3 aromatic rings. The molecular formula is C17H20N3O2S+. The van der Waals surface area contributed by atoms with E-state index in [0.29, 0.717) is 6.61 Å². The minimum absolute atomic E-state index is 0.0138. The molecule has 2 aromatic heterocycles. The van der Waals surface area contributed by atoms with E-state index in [9.17, 15) is 4.79 Å². The van der Waals surface area contributed by atoms with Crippen molar-refractivity contribution in [3.63, 3.8) is 0 Å². The van der Waals surface area contributed by atoms with Gasteiger partial charge in [0.1, 0.15) is 24.5 Å². The van der Waals surface area contributed by atoms with Gasteiger partial charge < -0.3 is 9.64 Å². The maximum atomic E-state index is 12.0. The van der Waals surface area contributed by atoms with Crippen molar-refractivity contribution in [1.29, 1.82) is 0 Å². The Balaban J connectivity index is 1.68. The number of nitrogens with one attached hydrogen (secondary N) is 1. The first-order valence-electron chi connectivity index (χ1n) is 7.64. The van der Waals surface area contributed by atoms with E-state index in [4.69, 9.17) is 4.74 Å². The standard InChI is InChI=1S/C17H19N3O2S/c1-3-22-15-6-4-13(5-7-15)11-19(2)12-14-10-16(21)20-8-9-23-17(20)18-14/h4-10H,3,11-12H2,1-2H3/p+1. The Bertz CT molecular complexity index is 839. The highest BCUT2D eigenvalue weighted by atomic mass is 32.1. The van der Waals surface area contributed by atoms with Crippen LogP contribution in [0.5, 0.6) is 5.75 Å². The summed E-state index contributed by atoms with van der Waals surface area (Å²) in [6.07, 6.45) is 1.76. The van der Waals surface area contributed by atoms with Gasteiger partial charge in [0.05, 0.1) is 13.7 Å². The average molecular weight is 330 g/mol. The number of benzene rings is 1. The Labute approximate surface area is 138 Å². The predicted molar refractivity (Wildman–Crippen MR) is 91.2 cm³/mol. The molecule has 0 saturated heterocycles. The largest absolute Gasteiger partial charge is 0.494 e. The van der Waals surface area contributed by atoms with E-state index in [-0.39, 0.29) is 5.56 Å². The molecule has 3 rings (SSSR count). The lowest BCUT2D eigenvalue weighted by atomic mass is 10.2. The molecule has 23 heavy (non-hydrogen) atoms. The van der Waals surface area contributed by atoms with Crippen LogP contribution < -0.4 is 15.2 Å². The molecule has 0 bridgehead atoms. The van der Waals surface area contributed by atoms with E-state index < -0.39 is 0 Å². The maximum Gasteiger partial charge on any atom is 0.258 e. The Morgan fingerprint density at radius 1 is 1.26 bits per heavy atom. The zero-order valence-corrected chi connectivity index (χ0v) is 14.1. The molecule has 1 unspecified atom stereocenters. The molecule has 0 spiro atoms. The zero-order chi connectivity index (χ0) is 16.2. The van der Waals surface area contributed by atoms with Crippen molar-refractivity contribution in [3.05, 3.63) is 63.5 Å². The topological polar surface area (TPSA) is 48.0 Å². The summed E-state index contributed by atoms with van der Waals surface area (Å²) in [5.74, 6) is 0.895. The molecule has 0 aliphatic carbocycles. The SMILES string of the molecule is CCOc1ccc(C[NH+](C)Cc2cc(=O)n3ccsc3n2)cc1. The molecule has 2 heterocycles. The zero-order valence-electron chi connectivity index (χ0n) is 13.3. The number of thiazole rings is 1. The second-order valence-corrected chi connectivity index (χ2v) is 6.40. The first-order chi connectivity index (χ1) is 11.2. The highest BCUT2D eigenvalue weighted by Gasteiger charge is 2.09. The summed E-state index contributed by atoms with van der Waals surface area (Å²) in [4.78, 5) is 18.6. The van der Waals surface area contributed by atoms with Gasteiger partial charge in [-0.2, -0.15) is 0 Å². The Kier molecular flexibility index (Phi) is 4.73. The number of hydrogen-bond donors (Lipinski definition) is 1. The number of fused-ring (bicyclic) bond motifs is 1. The lowest BCUT2D eigenvalue weighted by molar-refractivity contribution is -0.908. The molecule has 0 saturated carbocycles. The first-order valence-corrected chi connectivity index (χ1v) is 8.52. The number of nitrogens with zero attached hydrogens (tertiary/aromatic N) is 2. The fourth-order valence-electron chi connectivity index (χ4n) is 2.57. The van der Waals surface area contributed by atoms with Gasteiger partial charge in [-0.05, 0) is 31.2 Å². The van der Waals surface area contributed by atoms with Crippen LogP contribution in [0.2, 0.25) is 0 Å². The third kappa shape index (κ3) is 3.78. The smallest absolute Gasteiger partial charge is 0.258 e. The van der Waals surface area contributed by atoms with Crippen molar-refractivity contribution >= 4 is 16.3 Å². The molecule has 6 heteroatoms. The Morgan fingerprint density at radius 3 is 2.78 bits per heavy atom. The molecule has 5 nitrogen and oxygen atoms in total. The summed E-state index contributed by atoms with van der Waals surface area (Å²) < 4.78 is 7.03. The summed E-state index contributed by atoms with van der Waals surface area (Å²) in [6, 6.07) is 9.78. The first kappa shape index (κ1) is 15.7. The van der Waals surface area contributed by atoms with Crippen LogP contribution in [0.3, 0.4) is 0 Å². The monoisotopic (exact) mass is 330 g/mol. The van der Waals surface area contributed by atoms with Gasteiger partial charge in [0.2, 0.25) is 0 Å². The van der Waals surface area contributed by atoms with Gasteiger partial charge in [0, 0.05) is 23.2 Å². The fraction of sp³-hybridized carbons (Fsp3) is 0.294. The van der Waals surface area contributed by atoms with Crippen molar-refractivity contribution in [2.45, 2.75) is 20.0 Å². The number of quaternary nitrogens is 1. The average Bonchev–Trinajstić information content (AvgIpc) is 2.98. The molecular weight excluding hydrogens is 310 g/mol. The number of ether oxygens (including phenoxy) is 1. The van der Waals surface area contributed by atoms with Gasteiger partial charge in [-0.15, -0.1) is 11.3 Å². The minimum atomic E-state index is -0.0138. The third-order valence-corrected chi connectivity index (χ3v) is 4.34.